The summed E-state index contributed by atoms with van der Waals surface area (Å²) < 4.78 is 18.1. The number of alkyl carbamates (subject to hydrolysis) is 1. The highest BCUT2D eigenvalue weighted by Crippen LogP contribution is 2.15. The lowest BCUT2D eigenvalue weighted by Gasteiger charge is -2.10. The summed E-state index contributed by atoms with van der Waals surface area (Å²) in [6, 6.07) is 13.3. The van der Waals surface area contributed by atoms with Crippen LogP contribution in [0.4, 0.5) is 14.9 Å². The van der Waals surface area contributed by atoms with Crippen molar-refractivity contribution in [3.05, 3.63) is 65.5 Å². The van der Waals surface area contributed by atoms with E-state index in [1.165, 1.54) is 12.1 Å². The zero-order valence-corrected chi connectivity index (χ0v) is 12.6. The zero-order chi connectivity index (χ0) is 16.7. The second-order valence-electron chi connectivity index (χ2n) is 4.92. The maximum atomic E-state index is 13.1. The highest BCUT2D eigenvalue weighted by atomic mass is 19.1. The smallest absolute Gasteiger partial charge is 0.407 e. The monoisotopic (exact) mass is 316 g/mol. The molecule has 2 N–H and O–H groups in total. The molecule has 2 rings (SSSR count). The molecule has 2 amide bonds. The summed E-state index contributed by atoms with van der Waals surface area (Å²) in [6.07, 6.45) is -0.694. The molecule has 0 aliphatic heterocycles. The van der Waals surface area contributed by atoms with Gasteiger partial charge in [-0.05, 0) is 30.2 Å². The Balaban J connectivity index is 1.75. The molecular weight excluding hydrogens is 299 g/mol. The van der Waals surface area contributed by atoms with Gasteiger partial charge in [0.05, 0.1) is 0 Å². The lowest BCUT2D eigenvalue weighted by Crippen LogP contribution is -2.33. The summed E-state index contributed by atoms with van der Waals surface area (Å²) in [5.41, 5.74) is 1.95. The largest absolute Gasteiger partial charge is 0.445 e. The van der Waals surface area contributed by atoms with Crippen molar-refractivity contribution in [1.82, 2.24) is 5.32 Å². The molecule has 0 aromatic heterocycles. The van der Waals surface area contributed by atoms with Crippen LogP contribution in [0.1, 0.15) is 11.1 Å². The van der Waals surface area contributed by atoms with Gasteiger partial charge in [0, 0.05) is 5.69 Å². The maximum Gasteiger partial charge on any atom is 0.407 e. The van der Waals surface area contributed by atoms with Gasteiger partial charge < -0.3 is 15.4 Å². The van der Waals surface area contributed by atoms with E-state index in [4.69, 9.17) is 4.74 Å². The van der Waals surface area contributed by atoms with Gasteiger partial charge in [0.15, 0.2) is 0 Å². The molecule has 0 aliphatic rings. The van der Waals surface area contributed by atoms with Gasteiger partial charge in [-0.15, -0.1) is 0 Å². The van der Waals surface area contributed by atoms with Gasteiger partial charge in [0.25, 0.3) is 0 Å². The Labute approximate surface area is 133 Å². The SMILES string of the molecule is Cc1ccc(F)cc1NC(=O)CNC(=O)OCc1ccccc1. The summed E-state index contributed by atoms with van der Waals surface area (Å²) in [5, 5.41) is 4.87. The van der Waals surface area contributed by atoms with Gasteiger partial charge in [0.2, 0.25) is 5.91 Å². The second-order valence-corrected chi connectivity index (χ2v) is 4.92. The van der Waals surface area contributed by atoms with E-state index in [0.717, 1.165) is 11.1 Å². The molecule has 2 aromatic carbocycles. The Morgan fingerprint density at radius 1 is 1.13 bits per heavy atom. The minimum absolute atomic E-state index is 0.122. The predicted octanol–water partition coefficient (Wildman–Crippen LogP) is 3.00. The van der Waals surface area contributed by atoms with Crippen LogP contribution in [0.3, 0.4) is 0 Å². The highest BCUT2D eigenvalue weighted by molar-refractivity contribution is 5.94. The molecule has 0 aliphatic carbocycles. The van der Waals surface area contributed by atoms with Gasteiger partial charge in [-0.25, -0.2) is 9.18 Å². The average Bonchev–Trinajstić information content (AvgIpc) is 2.55. The van der Waals surface area contributed by atoms with Crippen LogP contribution >= 0.6 is 0 Å². The number of aryl methyl sites for hydroxylation is 1. The van der Waals surface area contributed by atoms with E-state index >= 15 is 0 Å². The first-order valence-electron chi connectivity index (χ1n) is 7.05. The number of amides is 2. The van der Waals surface area contributed by atoms with Crippen LogP contribution in [-0.4, -0.2) is 18.5 Å². The molecule has 0 radical (unpaired) electrons. The van der Waals surface area contributed by atoms with E-state index in [-0.39, 0.29) is 13.2 Å². The fourth-order valence-electron chi connectivity index (χ4n) is 1.85. The number of anilines is 1. The van der Waals surface area contributed by atoms with Crippen LogP contribution in [0.5, 0.6) is 0 Å². The molecule has 5 nitrogen and oxygen atoms in total. The first-order chi connectivity index (χ1) is 11.0. The quantitative estimate of drug-likeness (QED) is 0.891. The number of rotatable bonds is 5. The van der Waals surface area contributed by atoms with E-state index in [1.807, 2.05) is 30.3 Å². The normalized spacial score (nSPS) is 10.0. The fraction of sp³-hybridized carbons (Fsp3) is 0.176. The number of ether oxygens (including phenoxy) is 1. The lowest BCUT2D eigenvalue weighted by atomic mass is 10.2. The fourth-order valence-corrected chi connectivity index (χ4v) is 1.85. The number of hydrogen-bond acceptors (Lipinski definition) is 3. The molecule has 6 heteroatoms. The first-order valence-corrected chi connectivity index (χ1v) is 7.05. The topological polar surface area (TPSA) is 67.4 Å². The Kier molecular flexibility index (Phi) is 5.68. The molecule has 0 fully saturated rings. The number of carbonyl (C=O) groups excluding carboxylic acids is 2. The second kappa shape index (κ2) is 7.93. The molecular formula is C17H17FN2O3. The van der Waals surface area contributed by atoms with Crippen molar-refractivity contribution >= 4 is 17.7 Å². The average molecular weight is 316 g/mol. The Morgan fingerprint density at radius 2 is 1.87 bits per heavy atom. The van der Waals surface area contributed by atoms with E-state index in [9.17, 15) is 14.0 Å². The van der Waals surface area contributed by atoms with Crippen LogP contribution < -0.4 is 10.6 Å². The number of benzene rings is 2. The van der Waals surface area contributed by atoms with Gasteiger partial charge in [-0.1, -0.05) is 36.4 Å². The van der Waals surface area contributed by atoms with Crippen LogP contribution in [-0.2, 0) is 16.1 Å². The summed E-state index contributed by atoms with van der Waals surface area (Å²) in [6.45, 7) is 1.61. The van der Waals surface area contributed by atoms with Gasteiger partial charge in [-0.3, -0.25) is 4.79 Å². The third-order valence-electron chi connectivity index (χ3n) is 3.08. The zero-order valence-electron chi connectivity index (χ0n) is 12.6. The number of nitrogens with one attached hydrogen (secondary N) is 2. The third kappa shape index (κ3) is 5.43. The lowest BCUT2D eigenvalue weighted by molar-refractivity contribution is -0.115. The van der Waals surface area contributed by atoms with Gasteiger partial charge >= 0.3 is 6.09 Å². The maximum absolute atomic E-state index is 13.1. The minimum Gasteiger partial charge on any atom is -0.445 e. The van der Waals surface area contributed by atoms with Crippen molar-refractivity contribution in [1.29, 1.82) is 0 Å². The minimum atomic E-state index is -0.694. The van der Waals surface area contributed by atoms with Crippen LogP contribution in [0.2, 0.25) is 0 Å². The van der Waals surface area contributed by atoms with Crippen LogP contribution in [0.25, 0.3) is 0 Å². The molecule has 120 valence electrons. The number of carbonyl (C=O) groups is 2. The molecule has 0 heterocycles. The number of hydrogen-bond donors (Lipinski definition) is 2. The Morgan fingerprint density at radius 3 is 2.61 bits per heavy atom. The molecule has 0 saturated carbocycles. The molecule has 0 bridgehead atoms. The Bertz CT molecular complexity index is 689. The summed E-state index contributed by atoms with van der Waals surface area (Å²) >= 11 is 0. The standard InChI is InChI=1S/C17H17FN2O3/c1-12-7-8-14(18)9-15(12)20-16(21)10-19-17(22)23-11-13-5-3-2-4-6-13/h2-9H,10-11H2,1H3,(H,19,22)(H,20,21). The summed E-state index contributed by atoms with van der Waals surface area (Å²) in [5.74, 6) is -0.906. The Hall–Kier alpha value is -2.89. The molecule has 2 aromatic rings. The molecule has 0 atom stereocenters. The first kappa shape index (κ1) is 16.5. The van der Waals surface area contributed by atoms with Gasteiger partial charge in [0.1, 0.15) is 19.0 Å². The van der Waals surface area contributed by atoms with Gasteiger partial charge in [-0.2, -0.15) is 0 Å². The molecule has 0 spiro atoms. The number of halogens is 1. The van der Waals surface area contributed by atoms with Crippen molar-refractivity contribution < 1.29 is 18.7 Å². The van der Waals surface area contributed by atoms with E-state index < -0.39 is 17.8 Å². The van der Waals surface area contributed by atoms with E-state index in [2.05, 4.69) is 10.6 Å². The van der Waals surface area contributed by atoms with Crippen molar-refractivity contribution in [2.75, 3.05) is 11.9 Å². The van der Waals surface area contributed by atoms with Crippen molar-refractivity contribution in [2.24, 2.45) is 0 Å². The summed E-state index contributed by atoms with van der Waals surface area (Å²) in [4.78, 5) is 23.3. The highest BCUT2D eigenvalue weighted by Gasteiger charge is 2.09. The van der Waals surface area contributed by atoms with Crippen molar-refractivity contribution in [2.45, 2.75) is 13.5 Å². The third-order valence-corrected chi connectivity index (χ3v) is 3.08. The molecule has 23 heavy (non-hydrogen) atoms. The molecule has 0 unspecified atom stereocenters. The van der Waals surface area contributed by atoms with Crippen LogP contribution in [0, 0.1) is 12.7 Å². The summed E-state index contributed by atoms with van der Waals surface area (Å²) in [7, 11) is 0. The molecule has 0 saturated heterocycles. The van der Waals surface area contributed by atoms with Crippen molar-refractivity contribution in [3.8, 4) is 0 Å². The van der Waals surface area contributed by atoms with Crippen LogP contribution in [0.15, 0.2) is 48.5 Å². The predicted molar refractivity (Wildman–Crippen MR) is 84.4 cm³/mol. The van der Waals surface area contributed by atoms with E-state index in [0.29, 0.717) is 5.69 Å². The van der Waals surface area contributed by atoms with Crippen molar-refractivity contribution in [3.63, 3.8) is 0 Å². The van der Waals surface area contributed by atoms with E-state index in [1.54, 1.807) is 13.0 Å².